The molecule has 30 heavy (non-hydrogen) atoms. The van der Waals surface area contributed by atoms with E-state index in [-0.39, 0.29) is 43.6 Å². The Balaban J connectivity index is 3.15. The van der Waals surface area contributed by atoms with Gasteiger partial charge in [-0.1, -0.05) is 26.8 Å². The van der Waals surface area contributed by atoms with Gasteiger partial charge in [0.25, 0.3) is 0 Å². The second-order valence-corrected chi connectivity index (χ2v) is 6.93. The van der Waals surface area contributed by atoms with Crippen molar-refractivity contribution in [3.05, 3.63) is 23.8 Å². The first kappa shape index (κ1) is 25.1. The van der Waals surface area contributed by atoms with Crippen LogP contribution < -0.4 is 15.2 Å². The number of carbonyl (C=O) groups is 4. The van der Waals surface area contributed by atoms with Crippen LogP contribution in [0.25, 0.3) is 0 Å². The van der Waals surface area contributed by atoms with Gasteiger partial charge in [0, 0.05) is 32.1 Å². The highest BCUT2D eigenvalue weighted by Gasteiger charge is 2.37. The van der Waals surface area contributed by atoms with Gasteiger partial charge >= 0.3 is 23.9 Å². The fourth-order valence-electron chi connectivity index (χ4n) is 2.68. The zero-order valence-electron chi connectivity index (χ0n) is 17.7. The summed E-state index contributed by atoms with van der Waals surface area (Å²) in [4.78, 5) is 46.7. The van der Waals surface area contributed by atoms with Crippen molar-refractivity contribution in [2.24, 2.45) is 5.73 Å². The Morgan fingerprint density at radius 3 is 2.00 bits per heavy atom. The van der Waals surface area contributed by atoms with Crippen LogP contribution >= 0.6 is 0 Å². The molecule has 0 amide bonds. The average molecular weight is 423 g/mol. The molecule has 0 aliphatic heterocycles. The van der Waals surface area contributed by atoms with E-state index in [4.69, 9.17) is 19.9 Å². The monoisotopic (exact) mass is 423 g/mol. The van der Waals surface area contributed by atoms with Crippen LogP contribution in [0.3, 0.4) is 0 Å². The summed E-state index contributed by atoms with van der Waals surface area (Å²) in [5, 5.41) is 9.67. The fraction of sp³-hybridized carbons (Fsp3) is 0.524. The third-order valence-electron chi connectivity index (χ3n) is 4.25. The molecular weight excluding hydrogens is 394 g/mol. The molecule has 0 fully saturated rings. The van der Waals surface area contributed by atoms with Crippen LogP contribution in [-0.2, 0) is 30.3 Å². The van der Waals surface area contributed by atoms with Crippen LogP contribution in [0.5, 0.6) is 11.5 Å². The van der Waals surface area contributed by atoms with Crippen LogP contribution in [-0.4, -0.2) is 40.6 Å². The maximum absolute atomic E-state index is 11.9. The zero-order chi connectivity index (χ0) is 22.9. The Kier molecular flexibility index (Phi) is 9.45. The summed E-state index contributed by atoms with van der Waals surface area (Å²) >= 11 is 0. The van der Waals surface area contributed by atoms with Crippen molar-refractivity contribution in [2.75, 3.05) is 0 Å². The molecule has 0 aliphatic carbocycles. The van der Waals surface area contributed by atoms with Crippen molar-refractivity contribution in [3.63, 3.8) is 0 Å². The van der Waals surface area contributed by atoms with Gasteiger partial charge in [0.2, 0.25) is 0 Å². The number of hydrogen-bond acceptors (Lipinski definition) is 8. The summed E-state index contributed by atoms with van der Waals surface area (Å²) < 4.78 is 15.5. The van der Waals surface area contributed by atoms with Gasteiger partial charge in [0.15, 0.2) is 11.5 Å². The number of nitrogens with two attached hydrogens (primary N) is 1. The first-order chi connectivity index (χ1) is 14.0. The van der Waals surface area contributed by atoms with Gasteiger partial charge in [0.05, 0.1) is 0 Å². The predicted octanol–water partition coefficient (Wildman–Crippen LogP) is 2.37. The predicted molar refractivity (Wildman–Crippen MR) is 107 cm³/mol. The molecule has 1 unspecified atom stereocenters. The van der Waals surface area contributed by atoms with Crippen LogP contribution in [0.2, 0.25) is 0 Å². The SMILES string of the molecule is CCC(=O)Oc1ccc(CC(N)(C[C@H](C)OC(=O)CC)C(=O)O)cc1OC(=O)CC. The quantitative estimate of drug-likeness (QED) is 0.405. The highest BCUT2D eigenvalue weighted by molar-refractivity contribution is 5.79. The Bertz CT molecular complexity index is 791. The van der Waals surface area contributed by atoms with E-state index in [2.05, 4.69) is 0 Å². The summed E-state index contributed by atoms with van der Waals surface area (Å²) in [6.07, 6.45) is -0.566. The van der Waals surface area contributed by atoms with Crippen LogP contribution in [0.1, 0.15) is 58.9 Å². The van der Waals surface area contributed by atoms with Gasteiger partial charge in [-0.15, -0.1) is 0 Å². The zero-order valence-corrected chi connectivity index (χ0v) is 17.7. The number of aliphatic carboxylic acids is 1. The Morgan fingerprint density at radius 1 is 0.967 bits per heavy atom. The number of carboxylic acids is 1. The molecule has 9 heteroatoms. The summed E-state index contributed by atoms with van der Waals surface area (Å²) in [6, 6.07) is 4.37. The summed E-state index contributed by atoms with van der Waals surface area (Å²) in [5.74, 6) is -2.73. The molecule has 0 radical (unpaired) electrons. The second-order valence-electron chi connectivity index (χ2n) is 6.93. The van der Waals surface area contributed by atoms with E-state index in [9.17, 15) is 24.3 Å². The second kappa shape index (κ2) is 11.3. The van der Waals surface area contributed by atoms with Gasteiger partial charge in [-0.3, -0.25) is 19.2 Å². The molecule has 9 nitrogen and oxygen atoms in total. The number of esters is 3. The number of carbonyl (C=O) groups excluding carboxylic acids is 3. The summed E-state index contributed by atoms with van der Waals surface area (Å²) in [6.45, 7) is 6.43. The molecule has 0 aliphatic rings. The first-order valence-corrected chi connectivity index (χ1v) is 9.80. The smallest absolute Gasteiger partial charge is 0.324 e. The lowest BCUT2D eigenvalue weighted by Gasteiger charge is -2.28. The standard InChI is InChI=1S/C21H29NO8/c1-5-17(23)28-13(4)11-21(22,20(26)27)12-14-8-9-15(29-18(24)6-2)16(10-14)30-19(25)7-3/h8-10,13H,5-7,11-12,22H2,1-4H3,(H,26,27)/t13-,21?/m0/s1. The van der Waals surface area contributed by atoms with Crippen molar-refractivity contribution < 1.29 is 38.5 Å². The highest BCUT2D eigenvalue weighted by Crippen LogP contribution is 2.31. The van der Waals surface area contributed by atoms with Gasteiger partial charge in [-0.05, 0) is 24.6 Å². The Labute approximate surface area is 175 Å². The molecular formula is C21H29NO8. The molecule has 0 spiro atoms. The fourth-order valence-corrected chi connectivity index (χ4v) is 2.68. The molecule has 2 atom stereocenters. The number of rotatable bonds is 11. The van der Waals surface area contributed by atoms with Gasteiger partial charge < -0.3 is 25.1 Å². The van der Waals surface area contributed by atoms with Crippen LogP contribution in [0.15, 0.2) is 18.2 Å². The molecule has 1 aromatic rings. The van der Waals surface area contributed by atoms with Crippen molar-refractivity contribution in [2.45, 2.75) is 71.4 Å². The maximum atomic E-state index is 11.9. The third-order valence-corrected chi connectivity index (χ3v) is 4.25. The van der Waals surface area contributed by atoms with E-state index in [0.717, 1.165) is 0 Å². The van der Waals surface area contributed by atoms with Gasteiger partial charge in [-0.2, -0.15) is 0 Å². The minimum absolute atomic E-state index is 0.000604. The minimum Gasteiger partial charge on any atom is -0.480 e. The lowest BCUT2D eigenvalue weighted by atomic mass is 9.86. The molecule has 0 saturated carbocycles. The number of carboxylic acid groups (broad SMARTS) is 1. The van der Waals surface area contributed by atoms with Crippen molar-refractivity contribution in [1.82, 2.24) is 0 Å². The lowest BCUT2D eigenvalue weighted by Crippen LogP contribution is -2.52. The minimum atomic E-state index is -1.74. The molecule has 166 valence electrons. The van der Waals surface area contributed by atoms with Crippen molar-refractivity contribution >= 4 is 23.9 Å². The number of benzene rings is 1. The normalized spacial score (nSPS) is 13.6. The number of hydrogen-bond donors (Lipinski definition) is 2. The maximum Gasteiger partial charge on any atom is 0.324 e. The summed E-state index contributed by atoms with van der Waals surface area (Å²) in [7, 11) is 0. The highest BCUT2D eigenvalue weighted by atomic mass is 16.6. The lowest BCUT2D eigenvalue weighted by molar-refractivity contribution is -0.153. The van der Waals surface area contributed by atoms with Gasteiger partial charge in [-0.25, -0.2) is 0 Å². The van der Waals surface area contributed by atoms with Crippen LogP contribution in [0, 0.1) is 0 Å². The topological polar surface area (TPSA) is 142 Å². The largest absolute Gasteiger partial charge is 0.480 e. The number of ether oxygens (including phenoxy) is 3. The molecule has 1 aromatic carbocycles. The molecule has 0 heterocycles. The van der Waals surface area contributed by atoms with Crippen LogP contribution in [0.4, 0.5) is 0 Å². The Hall–Kier alpha value is -2.94. The molecule has 0 saturated heterocycles. The van der Waals surface area contributed by atoms with Crippen molar-refractivity contribution in [1.29, 1.82) is 0 Å². The van der Waals surface area contributed by atoms with E-state index < -0.39 is 35.5 Å². The summed E-state index contributed by atoms with van der Waals surface area (Å²) in [5.41, 5.74) is 4.84. The van der Waals surface area contributed by atoms with E-state index >= 15 is 0 Å². The van der Waals surface area contributed by atoms with E-state index in [0.29, 0.717) is 5.56 Å². The van der Waals surface area contributed by atoms with Crippen molar-refractivity contribution in [3.8, 4) is 11.5 Å². The van der Waals surface area contributed by atoms with E-state index in [1.165, 1.54) is 18.2 Å². The molecule has 0 aromatic heterocycles. The Morgan fingerprint density at radius 2 is 1.50 bits per heavy atom. The molecule has 1 rings (SSSR count). The molecule has 3 N–H and O–H groups in total. The first-order valence-electron chi connectivity index (χ1n) is 9.80. The average Bonchev–Trinajstić information content (AvgIpc) is 2.68. The molecule has 0 bridgehead atoms. The van der Waals surface area contributed by atoms with Gasteiger partial charge in [0.1, 0.15) is 11.6 Å². The van der Waals surface area contributed by atoms with E-state index in [1.807, 2.05) is 0 Å². The third kappa shape index (κ3) is 7.47. The van der Waals surface area contributed by atoms with E-state index in [1.54, 1.807) is 27.7 Å².